The smallest absolute Gasteiger partial charge is 0.127 e. The maximum absolute atomic E-state index is 6.19. The zero-order valence-electron chi connectivity index (χ0n) is 17.2. The zero-order chi connectivity index (χ0) is 19.0. The maximum Gasteiger partial charge on any atom is 0.127 e. The molecule has 144 valence electrons. The summed E-state index contributed by atoms with van der Waals surface area (Å²) in [6, 6.07) is 8.74. The van der Waals surface area contributed by atoms with Crippen LogP contribution in [0.15, 0.2) is 24.3 Å². The summed E-state index contributed by atoms with van der Waals surface area (Å²) < 4.78 is 0. The second-order valence-electron chi connectivity index (χ2n) is 8.46. The van der Waals surface area contributed by atoms with Gasteiger partial charge in [0.25, 0.3) is 0 Å². The number of aromatic nitrogens is 1. The van der Waals surface area contributed by atoms with E-state index in [0.717, 1.165) is 24.9 Å². The molecule has 0 amide bonds. The van der Waals surface area contributed by atoms with Gasteiger partial charge in [-0.3, -0.25) is 0 Å². The Morgan fingerprint density at radius 3 is 2.42 bits per heavy atom. The summed E-state index contributed by atoms with van der Waals surface area (Å²) in [5, 5.41) is 4.86. The van der Waals surface area contributed by atoms with Crippen molar-refractivity contribution in [1.82, 2.24) is 10.3 Å². The maximum atomic E-state index is 6.19. The Morgan fingerprint density at radius 1 is 0.962 bits per heavy atom. The number of nitrogens with one attached hydrogen (secondary N) is 1. The normalized spacial score (nSPS) is 12.0. The molecule has 0 aliphatic rings. The summed E-state index contributed by atoms with van der Waals surface area (Å²) in [6.07, 6.45) is 9.54. The number of fused-ring (bicyclic) bond motifs is 1. The van der Waals surface area contributed by atoms with E-state index < -0.39 is 0 Å². The number of benzene rings is 1. The average Bonchev–Trinajstić information content (AvgIpc) is 2.58. The van der Waals surface area contributed by atoms with E-state index in [-0.39, 0.29) is 5.54 Å². The van der Waals surface area contributed by atoms with Gasteiger partial charge >= 0.3 is 0 Å². The van der Waals surface area contributed by atoms with Crippen LogP contribution in [0, 0.1) is 0 Å². The van der Waals surface area contributed by atoms with Crippen molar-refractivity contribution < 1.29 is 0 Å². The number of nitrogens with zero attached hydrogens (tertiary/aromatic N) is 1. The van der Waals surface area contributed by atoms with Gasteiger partial charge in [-0.25, -0.2) is 4.98 Å². The number of nitrogen functional groups attached to an aromatic ring is 1. The molecular weight excluding hydrogens is 318 g/mol. The molecule has 2 rings (SSSR count). The largest absolute Gasteiger partial charge is 0.383 e. The molecule has 0 fully saturated rings. The van der Waals surface area contributed by atoms with Gasteiger partial charge in [0.05, 0.1) is 5.52 Å². The zero-order valence-corrected chi connectivity index (χ0v) is 17.2. The molecule has 3 heteroatoms. The molecule has 0 saturated heterocycles. The van der Waals surface area contributed by atoms with Gasteiger partial charge in [0.15, 0.2) is 0 Å². The van der Waals surface area contributed by atoms with Crippen LogP contribution in [0.5, 0.6) is 0 Å². The van der Waals surface area contributed by atoms with Gasteiger partial charge in [-0.05, 0) is 82.7 Å². The number of pyridine rings is 1. The van der Waals surface area contributed by atoms with Gasteiger partial charge in [-0.1, -0.05) is 38.3 Å². The fourth-order valence-electron chi connectivity index (χ4n) is 3.38. The molecule has 0 saturated carbocycles. The van der Waals surface area contributed by atoms with Crippen molar-refractivity contribution in [3.8, 4) is 0 Å². The number of nitrogens with two attached hydrogens (primary N) is 1. The molecule has 0 unspecified atom stereocenters. The Hall–Kier alpha value is -1.61. The second-order valence-corrected chi connectivity index (χ2v) is 8.46. The minimum Gasteiger partial charge on any atom is -0.383 e. The molecule has 2 aromatic rings. The number of unbranched alkanes of at least 4 members (excludes halogenated alkanes) is 4. The first-order valence-corrected chi connectivity index (χ1v) is 10.3. The Bertz CT molecular complexity index is 686. The van der Waals surface area contributed by atoms with Crippen molar-refractivity contribution in [1.29, 1.82) is 0 Å². The first-order chi connectivity index (χ1) is 12.4. The molecule has 0 aliphatic carbocycles. The number of anilines is 1. The first kappa shape index (κ1) is 20.7. The predicted molar refractivity (Wildman–Crippen MR) is 115 cm³/mol. The van der Waals surface area contributed by atoms with Gasteiger partial charge in [-0.2, -0.15) is 0 Å². The van der Waals surface area contributed by atoms with Gasteiger partial charge in [-0.15, -0.1) is 0 Å². The average molecular weight is 356 g/mol. The summed E-state index contributed by atoms with van der Waals surface area (Å²) in [5.74, 6) is 0.707. The van der Waals surface area contributed by atoms with Crippen molar-refractivity contribution >= 4 is 16.7 Å². The standard InChI is InChI=1S/C23H37N3/c1-5-6-8-13-19-17-20-18(14-11-15-21(20)26-22(19)24)12-9-7-10-16-25-23(2,3)4/h11,14-15,17,25H,5-10,12-13,16H2,1-4H3,(H2,24,26). The van der Waals surface area contributed by atoms with Crippen LogP contribution in [0.4, 0.5) is 5.82 Å². The highest BCUT2D eigenvalue weighted by molar-refractivity contribution is 5.84. The van der Waals surface area contributed by atoms with E-state index in [9.17, 15) is 0 Å². The Kier molecular flexibility index (Phi) is 7.89. The van der Waals surface area contributed by atoms with E-state index in [4.69, 9.17) is 5.73 Å². The highest BCUT2D eigenvalue weighted by Gasteiger charge is 2.09. The van der Waals surface area contributed by atoms with Crippen molar-refractivity contribution in [3.63, 3.8) is 0 Å². The van der Waals surface area contributed by atoms with Crippen LogP contribution in [0.2, 0.25) is 0 Å². The number of aryl methyl sites for hydroxylation is 2. The number of rotatable bonds is 10. The molecular formula is C23H37N3. The van der Waals surface area contributed by atoms with E-state index in [1.807, 2.05) is 0 Å². The van der Waals surface area contributed by atoms with E-state index in [1.165, 1.54) is 55.0 Å². The van der Waals surface area contributed by atoms with Crippen molar-refractivity contribution in [3.05, 3.63) is 35.4 Å². The lowest BCUT2D eigenvalue weighted by molar-refractivity contribution is 0.417. The Morgan fingerprint density at radius 2 is 1.69 bits per heavy atom. The molecule has 0 aliphatic heterocycles. The van der Waals surface area contributed by atoms with Crippen LogP contribution in [0.25, 0.3) is 10.9 Å². The molecule has 26 heavy (non-hydrogen) atoms. The first-order valence-electron chi connectivity index (χ1n) is 10.3. The van der Waals surface area contributed by atoms with Crippen LogP contribution in [0.3, 0.4) is 0 Å². The third-order valence-corrected chi connectivity index (χ3v) is 4.89. The second kappa shape index (κ2) is 9.91. The van der Waals surface area contributed by atoms with Gasteiger partial charge in [0.2, 0.25) is 0 Å². The Balaban J connectivity index is 1.97. The fourth-order valence-corrected chi connectivity index (χ4v) is 3.38. The molecule has 1 heterocycles. The van der Waals surface area contributed by atoms with Gasteiger partial charge in [0, 0.05) is 10.9 Å². The summed E-state index contributed by atoms with van der Waals surface area (Å²) in [7, 11) is 0. The Labute approximate surface area is 159 Å². The molecule has 0 bridgehead atoms. The van der Waals surface area contributed by atoms with Crippen LogP contribution in [-0.4, -0.2) is 17.1 Å². The monoisotopic (exact) mass is 355 g/mol. The number of hydrogen-bond donors (Lipinski definition) is 2. The summed E-state index contributed by atoms with van der Waals surface area (Å²) in [4.78, 5) is 4.67. The molecule has 1 aromatic carbocycles. The predicted octanol–water partition coefficient (Wildman–Crippen LogP) is 5.65. The SMILES string of the molecule is CCCCCc1cc2c(CCCCCNC(C)(C)C)cccc2nc1N. The highest BCUT2D eigenvalue weighted by Crippen LogP contribution is 2.24. The quantitative estimate of drug-likeness (QED) is 0.541. The lowest BCUT2D eigenvalue weighted by Crippen LogP contribution is -2.36. The van der Waals surface area contributed by atoms with Crippen LogP contribution >= 0.6 is 0 Å². The fraction of sp³-hybridized carbons (Fsp3) is 0.609. The van der Waals surface area contributed by atoms with Crippen LogP contribution < -0.4 is 11.1 Å². The summed E-state index contributed by atoms with van der Waals surface area (Å²) in [6.45, 7) is 10.00. The van der Waals surface area contributed by atoms with Crippen LogP contribution in [0.1, 0.15) is 77.3 Å². The van der Waals surface area contributed by atoms with E-state index in [0.29, 0.717) is 5.82 Å². The number of hydrogen-bond acceptors (Lipinski definition) is 3. The van der Waals surface area contributed by atoms with E-state index in [2.05, 4.69) is 62.3 Å². The van der Waals surface area contributed by atoms with Gasteiger partial charge < -0.3 is 11.1 Å². The van der Waals surface area contributed by atoms with Crippen LogP contribution in [-0.2, 0) is 12.8 Å². The lowest BCUT2D eigenvalue weighted by Gasteiger charge is -2.20. The minimum atomic E-state index is 0.218. The molecule has 3 N–H and O–H groups in total. The molecule has 0 radical (unpaired) electrons. The summed E-state index contributed by atoms with van der Waals surface area (Å²) >= 11 is 0. The summed E-state index contributed by atoms with van der Waals surface area (Å²) in [5.41, 5.74) is 10.1. The minimum absolute atomic E-state index is 0.218. The third kappa shape index (κ3) is 6.60. The van der Waals surface area contributed by atoms with Crippen molar-refractivity contribution in [2.75, 3.05) is 12.3 Å². The molecule has 0 spiro atoms. The molecule has 0 atom stereocenters. The van der Waals surface area contributed by atoms with Gasteiger partial charge in [0.1, 0.15) is 5.82 Å². The molecule has 1 aromatic heterocycles. The van der Waals surface area contributed by atoms with Crippen molar-refractivity contribution in [2.24, 2.45) is 0 Å². The van der Waals surface area contributed by atoms with E-state index >= 15 is 0 Å². The van der Waals surface area contributed by atoms with E-state index in [1.54, 1.807) is 0 Å². The third-order valence-electron chi connectivity index (χ3n) is 4.89. The van der Waals surface area contributed by atoms with Crippen molar-refractivity contribution in [2.45, 2.75) is 84.6 Å². The molecule has 3 nitrogen and oxygen atoms in total. The lowest BCUT2D eigenvalue weighted by atomic mass is 9.99. The topological polar surface area (TPSA) is 50.9 Å². The highest BCUT2D eigenvalue weighted by atomic mass is 14.9.